The van der Waals surface area contributed by atoms with Gasteiger partial charge in [-0.1, -0.05) is 12.1 Å². The maximum Gasteiger partial charge on any atom is 0.321 e. The second-order valence-corrected chi connectivity index (χ2v) is 4.39. The number of para-hydroxylation sites is 1. The smallest absolute Gasteiger partial charge is 0.321 e. The average molecular weight is 259 g/mol. The van der Waals surface area contributed by atoms with Crippen molar-refractivity contribution in [1.82, 2.24) is 5.32 Å². The Morgan fingerprint density at radius 2 is 2.26 bits per heavy atom. The predicted molar refractivity (Wildman–Crippen MR) is 67.6 cm³/mol. The van der Waals surface area contributed by atoms with Gasteiger partial charge >= 0.3 is 12.0 Å². The first-order valence-corrected chi connectivity index (χ1v) is 5.88. The third-order valence-electron chi connectivity index (χ3n) is 3.01. The van der Waals surface area contributed by atoms with Gasteiger partial charge in [-0.05, 0) is 12.1 Å². The highest BCUT2D eigenvalue weighted by molar-refractivity contribution is 5.94. The fourth-order valence-electron chi connectivity index (χ4n) is 2.13. The highest BCUT2D eigenvalue weighted by atomic mass is 16.4. The first kappa shape index (κ1) is 12.9. The summed E-state index contributed by atoms with van der Waals surface area (Å²) < 4.78 is 0. The number of nitrogens with zero attached hydrogens (tertiary/aromatic N) is 2. The second-order valence-electron chi connectivity index (χ2n) is 4.39. The molecule has 19 heavy (non-hydrogen) atoms. The molecule has 1 saturated heterocycles. The van der Waals surface area contributed by atoms with Gasteiger partial charge in [0, 0.05) is 19.0 Å². The summed E-state index contributed by atoms with van der Waals surface area (Å²) in [5, 5.41) is 20.5. The van der Waals surface area contributed by atoms with E-state index in [1.165, 1.54) is 4.90 Å². The number of carbonyl (C=O) groups excluding carboxylic acids is 1. The first-order valence-electron chi connectivity index (χ1n) is 5.88. The zero-order valence-corrected chi connectivity index (χ0v) is 10.2. The van der Waals surface area contributed by atoms with Crippen molar-refractivity contribution in [3.05, 3.63) is 29.8 Å². The molecule has 2 N–H and O–H groups in total. The van der Waals surface area contributed by atoms with Gasteiger partial charge in [-0.15, -0.1) is 0 Å². The summed E-state index contributed by atoms with van der Waals surface area (Å²) >= 11 is 0. The molecule has 0 radical (unpaired) electrons. The summed E-state index contributed by atoms with van der Waals surface area (Å²) in [5.74, 6) is -1.06. The van der Waals surface area contributed by atoms with Crippen LogP contribution in [0.15, 0.2) is 24.3 Å². The highest BCUT2D eigenvalue weighted by Crippen LogP contribution is 2.23. The molecule has 1 aliphatic heterocycles. The normalized spacial score (nSPS) is 18.6. The van der Waals surface area contributed by atoms with Crippen LogP contribution in [0.25, 0.3) is 0 Å². The molecular weight excluding hydrogens is 246 g/mol. The summed E-state index contributed by atoms with van der Waals surface area (Å²) in [7, 11) is 0. The number of nitrogens with one attached hydrogen (secondary N) is 1. The first-order chi connectivity index (χ1) is 9.11. The second kappa shape index (κ2) is 5.40. The minimum atomic E-state index is -0.894. The molecule has 1 aliphatic rings. The maximum absolute atomic E-state index is 11.9. The lowest BCUT2D eigenvalue weighted by molar-refractivity contribution is -0.138. The number of carbonyl (C=O) groups is 2. The van der Waals surface area contributed by atoms with Crippen molar-refractivity contribution in [2.75, 3.05) is 18.0 Å². The van der Waals surface area contributed by atoms with Gasteiger partial charge in [0.2, 0.25) is 0 Å². The van der Waals surface area contributed by atoms with Crippen LogP contribution in [0.1, 0.15) is 12.0 Å². The van der Waals surface area contributed by atoms with Crippen molar-refractivity contribution >= 4 is 17.7 Å². The molecular formula is C13H13N3O3. The SMILES string of the molecule is N#Cc1ccccc1N1CC(CC(=O)O)CNC1=O. The molecule has 1 aromatic rings. The fourth-order valence-corrected chi connectivity index (χ4v) is 2.13. The van der Waals surface area contributed by atoms with E-state index >= 15 is 0 Å². The number of carboxylic acids is 1. The van der Waals surface area contributed by atoms with E-state index in [4.69, 9.17) is 10.4 Å². The summed E-state index contributed by atoms with van der Waals surface area (Å²) in [4.78, 5) is 24.0. The largest absolute Gasteiger partial charge is 0.481 e. The maximum atomic E-state index is 11.9. The Kier molecular flexibility index (Phi) is 3.66. The standard InChI is InChI=1S/C13H13N3O3/c14-6-10-3-1-2-4-11(10)16-8-9(5-12(17)18)7-15-13(16)19/h1-4,9H,5,7-8H2,(H,15,19)(H,17,18). The number of hydrogen-bond donors (Lipinski definition) is 2. The van der Waals surface area contributed by atoms with Crippen LogP contribution >= 0.6 is 0 Å². The van der Waals surface area contributed by atoms with Crippen LogP contribution in [0.3, 0.4) is 0 Å². The summed E-state index contributed by atoms with van der Waals surface area (Å²) in [6.07, 6.45) is -0.00843. The Balaban J connectivity index is 2.24. The zero-order valence-electron chi connectivity index (χ0n) is 10.2. The van der Waals surface area contributed by atoms with Gasteiger partial charge < -0.3 is 10.4 Å². The Hall–Kier alpha value is -2.55. The molecule has 2 amide bonds. The van der Waals surface area contributed by atoms with Crippen molar-refractivity contribution in [1.29, 1.82) is 5.26 Å². The number of carboxylic acid groups (broad SMARTS) is 1. The van der Waals surface area contributed by atoms with Crippen LogP contribution < -0.4 is 10.2 Å². The Morgan fingerprint density at radius 1 is 1.53 bits per heavy atom. The van der Waals surface area contributed by atoms with Gasteiger partial charge in [0.1, 0.15) is 6.07 Å². The minimum absolute atomic E-state index is 0.00843. The molecule has 1 atom stereocenters. The number of nitriles is 1. The Labute approximate surface area is 110 Å². The van der Waals surface area contributed by atoms with E-state index in [1.54, 1.807) is 24.3 Å². The van der Waals surface area contributed by atoms with Gasteiger partial charge in [0.05, 0.1) is 17.7 Å². The van der Waals surface area contributed by atoms with Crippen molar-refractivity contribution in [2.24, 2.45) is 5.92 Å². The van der Waals surface area contributed by atoms with Crippen LogP contribution in [0.2, 0.25) is 0 Å². The number of urea groups is 1. The van der Waals surface area contributed by atoms with E-state index in [0.717, 1.165) is 0 Å². The molecule has 2 rings (SSSR count). The van der Waals surface area contributed by atoms with E-state index in [0.29, 0.717) is 24.3 Å². The van der Waals surface area contributed by atoms with Crippen LogP contribution in [0.5, 0.6) is 0 Å². The monoisotopic (exact) mass is 259 g/mol. The molecule has 0 saturated carbocycles. The molecule has 1 heterocycles. The van der Waals surface area contributed by atoms with Crippen molar-refractivity contribution in [3.63, 3.8) is 0 Å². The number of hydrogen-bond acceptors (Lipinski definition) is 3. The average Bonchev–Trinajstić information content (AvgIpc) is 2.40. The van der Waals surface area contributed by atoms with Crippen LogP contribution in [-0.4, -0.2) is 30.2 Å². The van der Waals surface area contributed by atoms with Gasteiger partial charge in [-0.25, -0.2) is 4.79 Å². The number of anilines is 1. The Morgan fingerprint density at radius 3 is 2.95 bits per heavy atom. The summed E-state index contributed by atoms with van der Waals surface area (Å²) in [6, 6.07) is 8.50. The van der Waals surface area contributed by atoms with Gasteiger partial charge in [-0.2, -0.15) is 5.26 Å². The summed E-state index contributed by atoms with van der Waals surface area (Å²) in [6.45, 7) is 0.646. The molecule has 0 aliphatic carbocycles. The molecule has 98 valence electrons. The fraction of sp³-hybridized carbons (Fsp3) is 0.308. The molecule has 1 fully saturated rings. The topological polar surface area (TPSA) is 93.4 Å². The molecule has 0 spiro atoms. The lowest BCUT2D eigenvalue weighted by atomic mass is 10.0. The molecule has 6 heteroatoms. The van der Waals surface area contributed by atoms with Crippen molar-refractivity contribution < 1.29 is 14.7 Å². The molecule has 0 bridgehead atoms. The van der Waals surface area contributed by atoms with Gasteiger partial charge in [0.25, 0.3) is 0 Å². The molecule has 0 aromatic heterocycles. The number of benzene rings is 1. The van der Waals surface area contributed by atoms with E-state index in [2.05, 4.69) is 5.32 Å². The predicted octanol–water partition coefficient (Wildman–Crippen LogP) is 1.18. The number of amides is 2. The minimum Gasteiger partial charge on any atom is -0.481 e. The molecule has 1 aromatic carbocycles. The van der Waals surface area contributed by atoms with E-state index in [9.17, 15) is 9.59 Å². The quantitative estimate of drug-likeness (QED) is 0.852. The van der Waals surface area contributed by atoms with Crippen molar-refractivity contribution in [3.8, 4) is 6.07 Å². The van der Waals surface area contributed by atoms with Crippen LogP contribution in [0, 0.1) is 17.2 Å². The molecule has 6 nitrogen and oxygen atoms in total. The van der Waals surface area contributed by atoms with Gasteiger partial charge in [-0.3, -0.25) is 9.69 Å². The van der Waals surface area contributed by atoms with Crippen LogP contribution in [-0.2, 0) is 4.79 Å². The van der Waals surface area contributed by atoms with E-state index in [-0.39, 0.29) is 18.4 Å². The summed E-state index contributed by atoms with van der Waals surface area (Å²) in [5.41, 5.74) is 0.909. The van der Waals surface area contributed by atoms with Gasteiger partial charge in [0.15, 0.2) is 0 Å². The zero-order chi connectivity index (χ0) is 13.8. The highest BCUT2D eigenvalue weighted by Gasteiger charge is 2.28. The number of aliphatic carboxylic acids is 1. The third-order valence-corrected chi connectivity index (χ3v) is 3.01. The third kappa shape index (κ3) is 2.83. The van der Waals surface area contributed by atoms with E-state index in [1.807, 2.05) is 6.07 Å². The van der Waals surface area contributed by atoms with Crippen LogP contribution in [0.4, 0.5) is 10.5 Å². The number of rotatable bonds is 3. The Bertz CT molecular complexity index is 550. The van der Waals surface area contributed by atoms with Crippen molar-refractivity contribution in [2.45, 2.75) is 6.42 Å². The van der Waals surface area contributed by atoms with E-state index < -0.39 is 5.97 Å². The lowest BCUT2D eigenvalue weighted by Crippen LogP contribution is -2.52. The lowest BCUT2D eigenvalue weighted by Gasteiger charge is -2.33. The molecule has 1 unspecified atom stereocenters.